The maximum atomic E-state index is 9.51. The first-order valence-corrected chi connectivity index (χ1v) is 6.68. The summed E-state index contributed by atoms with van der Waals surface area (Å²) in [7, 11) is 2.17. The van der Waals surface area contributed by atoms with Crippen LogP contribution < -0.4 is 4.74 Å². The Bertz CT molecular complexity index is 394. The molecule has 1 aliphatic heterocycles. The first-order chi connectivity index (χ1) is 8.56. The molecule has 0 radical (unpaired) electrons. The van der Waals surface area contributed by atoms with Crippen molar-refractivity contribution in [2.24, 2.45) is 5.92 Å². The van der Waals surface area contributed by atoms with E-state index in [0.717, 1.165) is 30.0 Å². The Morgan fingerprint density at radius 3 is 2.61 bits per heavy atom. The fourth-order valence-corrected chi connectivity index (χ4v) is 2.77. The Kier molecular flexibility index (Phi) is 4.12. The van der Waals surface area contributed by atoms with Gasteiger partial charge in [-0.2, -0.15) is 0 Å². The summed E-state index contributed by atoms with van der Waals surface area (Å²) in [6.07, 6.45) is 2.51. The largest absolute Gasteiger partial charge is 0.508 e. The number of benzene rings is 1. The van der Waals surface area contributed by atoms with Crippen LogP contribution in [0.3, 0.4) is 0 Å². The molecule has 1 unspecified atom stereocenters. The average Bonchev–Trinajstić information content (AvgIpc) is 2.27. The van der Waals surface area contributed by atoms with Crippen molar-refractivity contribution in [2.45, 2.75) is 26.7 Å². The minimum Gasteiger partial charge on any atom is -0.508 e. The normalized spacial score (nSPS) is 20.9. The lowest BCUT2D eigenvalue weighted by atomic mass is 9.99. The van der Waals surface area contributed by atoms with Crippen molar-refractivity contribution in [1.29, 1.82) is 0 Å². The van der Waals surface area contributed by atoms with Gasteiger partial charge in [0.1, 0.15) is 11.5 Å². The van der Waals surface area contributed by atoms with E-state index in [9.17, 15) is 5.11 Å². The van der Waals surface area contributed by atoms with Crippen molar-refractivity contribution in [3.05, 3.63) is 23.3 Å². The third-order valence-corrected chi connectivity index (χ3v) is 3.63. The van der Waals surface area contributed by atoms with Gasteiger partial charge in [0.25, 0.3) is 0 Å². The minimum atomic E-state index is 0.315. The molecule has 1 fully saturated rings. The topological polar surface area (TPSA) is 32.7 Å². The molecule has 0 bridgehead atoms. The van der Waals surface area contributed by atoms with Gasteiger partial charge in [-0.1, -0.05) is 0 Å². The van der Waals surface area contributed by atoms with E-state index in [4.69, 9.17) is 4.74 Å². The van der Waals surface area contributed by atoms with E-state index in [0.29, 0.717) is 11.7 Å². The van der Waals surface area contributed by atoms with Crippen LogP contribution in [-0.4, -0.2) is 36.8 Å². The molecule has 1 aromatic carbocycles. The van der Waals surface area contributed by atoms with Gasteiger partial charge in [0, 0.05) is 12.5 Å². The number of aromatic hydroxyl groups is 1. The van der Waals surface area contributed by atoms with Crippen LogP contribution in [0.4, 0.5) is 0 Å². The molecule has 1 aromatic rings. The molecule has 0 amide bonds. The molecule has 1 N–H and O–H groups in total. The van der Waals surface area contributed by atoms with Crippen molar-refractivity contribution in [3.63, 3.8) is 0 Å². The third kappa shape index (κ3) is 3.16. The molecular weight excluding hydrogens is 226 g/mol. The van der Waals surface area contributed by atoms with Crippen LogP contribution >= 0.6 is 0 Å². The highest BCUT2D eigenvalue weighted by molar-refractivity contribution is 5.45. The maximum Gasteiger partial charge on any atom is 0.125 e. The monoisotopic (exact) mass is 249 g/mol. The van der Waals surface area contributed by atoms with Crippen molar-refractivity contribution in [2.75, 3.05) is 26.7 Å². The van der Waals surface area contributed by atoms with E-state index in [2.05, 4.69) is 11.9 Å². The van der Waals surface area contributed by atoms with Gasteiger partial charge in [-0.3, -0.25) is 0 Å². The Hall–Kier alpha value is -1.22. The maximum absolute atomic E-state index is 9.51. The van der Waals surface area contributed by atoms with Crippen LogP contribution in [0.15, 0.2) is 12.1 Å². The van der Waals surface area contributed by atoms with Gasteiger partial charge in [0.15, 0.2) is 0 Å². The number of rotatable bonds is 3. The van der Waals surface area contributed by atoms with Crippen molar-refractivity contribution in [1.82, 2.24) is 4.90 Å². The van der Waals surface area contributed by atoms with Gasteiger partial charge in [-0.25, -0.2) is 0 Å². The van der Waals surface area contributed by atoms with Gasteiger partial charge in [-0.15, -0.1) is 0 Å². The number of likely N-dealkylation sites (tertiary alicyclic amines) is 1. The molecule has 1 aliphatic rings. The highest BCUT2D eigenvalue weighted by Gasteiger charge is 2.18. The molecule has 1 atom stereocenters. The predicted molar refractivity (Wildman–Crippen MR) is 73.3 cm³/mol. The Balaban J connectivity index is 1.97. The number of ether oxygens (including phenoxy) is 1. The second kappa shape index (κ2) is 5.61. The summed E-state index contributed by atoms with van der Waals surface area (Å²) < 4.78 is 5.97. The zero-order chi connectivity index (χ0) is 13.1. The van der Waals surface area contributed by atoms with Gasteiger partial charge >= 0.3 is 0 Å². The highest BCUT2D eigenvalue weighted by Crippen LogP contribution is 2.28. The molecule has 1 saturated heterocycles. The van der Waals surface area contributed by atoms with Crippen LogP contribution in [0.2, 0.25) is 0 Å². The van der Waals surface area contributed by atoms with Gasteiger partial charge in [-0.05, 0) is 63.5 Å². The standard InChI is InChI=1S/C15H23NO2/c1-11-7-14(17)8-12(2)15(11)18-10-13-5-4-6-16(3)9-13/h7-8,13,17H,4-6,9-10H2,1-3H3. The Morgan fingerprint density at radius 1 is 1.33 bits per heavy atom. The lowest BCUT2D eigenvalue weighted by Crippen LogP contribution is -2.34. The molecule has 1 heterocycles. The third-order valence-electron chi connectivity index (χ3n) is 3.63. The van der Waals surface area contributed by atoms with Gasteiger partial charge in [0.05, 0.1) is 6.61 Å². The number of aryl methyl sites for hydroxylation is 2. The number of phenolic OH excluding ortho intramolecular Hbond substituents is 1. The molecule has 0 aromatic heterocycles. The zero-order valence-corrected chi connectivity index (χ0v) is 11.6. The van der Waals surface area contributed by atoms with Crippen LogP contribution in [0.1, 0.15) is 24.0 Å². The molecule has 2 rings (SSSR count). The van der Waals surface area contributed by atoms with E-state index in [-0.39, 0.29) is 0 Å². The molecule has 0 saturated carbocycles. The summed E-state index contributed by atoms with van der Waals surface area (Å²) in [5.74, 6) is 1.87. The number of hydrogen-bond acceptors (Lipinski definition) is 3. The molecule has 100 valence electrons. The predicted octanol–water partition coefficient (Wildman–Crippen LogP) is 2.73. The second-order valence-electron chi connectivity index (χ2n) is 5.49. The van der Waals surface area contributed by atoms with Crippen LogP contribution in [-0.2, 0) is 0 Å². The molecule has 0 aliphatic carbocycles. The molecule has 3 heteroatoms. The number of hydrogen-bond donors (Lipinski definition) is 1. The summed E-state index contributed by atoms with van der Waals surface area (Å²) >= 11 is 0. The zero-order valence-electron chi connectivity index (χ0n) is 11.6. The SMILES string of the molecule is Cc1cc(O)cc(C)c1OCC1CCCN(C)C1. The lowest BCUT2D eigenvalue weighted by molar-refractivity contribution is 0.149. The smallest absolute Gasteiger partial charge is 0.125 e. The highest BCUT2D eigenvalue weighted by atomic mass is 16.5. The van der Waals surface area contributed by atoms with E-state index < -0.39 is 0 Å². The van der Waals surface area contributed by atoms with E-state index >= 15 is 0 Å². The van der Waals surface area contributed by atoms with Gasteiger partial charge in [0.2, 0.25) is 0 Å². The Labute approximate surface area is 109 Å². The van der Waals surface area contributed by atoms with Crippen LogP contribution in [0.5, 0.6) is 11.5 Å². The van der Waals surface area contributed by atoms with Crippen LogP contribution in [0, 0.1) is 19.8 Å². The summed E-state index contributed by atoms with van der Waals surface area (Å²) in [5.41, 5.74) is 2.02. The first-order valence-electron chi connectivity index (χ1n) is 6.68. The lowest BCUT2D eigenvalue weighted by Gasteiger charge is -2.29. The number of nitrogens with zero attached hydrogens (tertiary/aromatic N) is 1. The molecular formula is C15H23NO2. The van der Waals surface area contributed by atoms with E-state index in [1.54, 1.807) is 12.1 Å². The first kappa shape index (κ1) is 13.2. The Morgan fingerprint density at radius 2 is 2.00 bits per heavy atom. The van der Waals surface area contributed by atoms with Crippen molar-refractivity contribution in [3.8, 4) is 11.5 Å². The summed E-state index contributed by atoms with van der Waals surface area (Å²) in [5, 5.41) is 9.51. The molecule has 0 spiro atoms. The fraction of sp³-hybridized carbons (Fsp3) is 0.600. The number of phenols is 1. The van der Waals surface area contributed by atoms with Crippen LogP contribution in [0.25, 0.3) is 0 Å². The summed E-state index contributed by atoms with van der Waals surface area (Å²) in [4.78, 5) is 2.37. The van der Waals surface area contributed by atoms with Crippen molar-refractivity contribution < 1.29 is 9.84 Å². The average molecular weight is 249 g/mol. The summed E-state index contributed by atoms with van der Waals surface area (Å²) in [6, 6.07) is 3.52. The van der Waals surface area contributed by atoms with Crippen molar-refractivity contribution >= 4 is 0 Å². The molecule has 18 heavy (non-hydrogen) atoms. The van der Waals surface area contributed by atoms with Gasteiger partial charge < -0.3 is 14.7 Å². The summed E-state index contributed by atoms with van der Waals surface area (Å²) in [6.45, 7) is 7.06. The quantitative estimate of drug-likeness (QED) is 0.894. The fourth-order valence-electron chi connectivity index (χ4n) is 2.77. The van der Waals surface area contributed by atoms with E-state index in [1.807, 2.05) is 13.8 Å². The van der Waals surface area contributed by atoms with E-state index in [1.165, 1.54) is 19.4 Å². The second-order valence-corrected chi connectivity index (χ2v) is 5.49. The minimum absolute atomic E-state index is 0.315. The molecule has 3 nitrogen and oxygen atoms in total. The number of piperidine rings is 1.